The van der Waals surface area contributed by atoms with Crippen LogP contribution in [0.2, 0.25) is 0 Å². The van der Waals surface area contributed by atoms with Gasteiger partial charge in [0.2, 0.25) is 5.91 Å². The first-order chi connectivity index (χ1) is 13.7. The van der Waals surface area contributed by atoms with Crippen LogP contribution in [0.15, 0.2) is 53.1 Å². The number of aromatic nitrogens is 2. The van der Waals surface area contributed by atoms with Gasteiger partial charge in [0.25, 0.3) is 0 Å². The van der Waals surface area contributed by atoms with Gasteiger partial charge >= 0.3 is 0 Å². The predicted molar refractivity (Wildman–Crippen MR) is 112 cm³/mol. The van der Waals surface area contributed by atoms with Gasteiger partial charge in [0, 0.05) is 42.9 Å². The van der Waals surface area contributed by atoms with Gasteiger partial charge in [-0.1, -0.05) is 18.2 Å². The third-order valence-electron chi connectivity index (χ3n) is 5.52. The summed E-state index contributed by atoms with van der Waals surface area (Å²) in [6.45, 7) is 0.734. The molecule has 2 aliphatic rings. The van der Waals surface area contributed by atoms with Crippen LogP contribution in [-0.4, -0.2) is 33.5 Å². The normalized spacial score (nSPS) is 22.1. The summed E-state index contributed by atoms with van der Waals surface area (Å²) < 4.78 is 1.10. The molecule has 2 N–H and O–H groups in total. The van der Waals surface area contributed by atoms with Crippen LogP contribution in [0.3, 0.4) is 0 Å². The Morgan fingerprint density at radius 3 is 2.86 bits per heavy atom. The average Bonchev–Trinajstić information content (AvgIpc) is 3.37. The molecule has 0 spiro atoms. The fraction of sp³-hybridized carbons (Fsp3) is 0.238. The van der Waals surface area contributed by atoms with Crippen LogP contribution in [0.5, 0.6) is 0 Å². The summed E-state index contributed by atoms with van der Waals surface area (Å²) in [4.78, 5) is 28.1. The molecule has 4 heterocycles. The second kappa shape index (κ2) is 6.53. The van der Waals surface area contributed by atoms with Gasteiger partial charge in [-0.15, -0.1) is 11.3 Å². The van der Waals surface area contributed by atoms with Gasteiger partial charge in [-0.3, -0.25) is 9.79 Å². The highest BCUT2D eigenvalue weighted by atomic mass is 32.1. The number of hydrogen-bond acceptors (Lipinski definition) is 6. The number of nitrogens with zero attached hydrogens (tertiary/aromatic N) is 4. The second-order valence-corrected chi connectivity index (χ2v) is 7.92. The maximum Gasteiger partial charge on any atom is 0.223 e. The van der Waals surface area contributed by atoms with Crippen molar-refractivity contribution >= 4 is 45.2 Å². The molecule has 0 aliphatic carbocycles. The summed E-state index contributed by atoms with van der Waals surface area (Å²) >= 11 is 1.60. The van der Waals surface area contributed by atoms with Crippen molar-refractivity contribution in [1.29, 1.82) is 0 Å². The Hall–Kier alpha value is -3.06. The van der Waals surface area contributed by atoms with Crippen molar-refractivity contribution in [1.82, 2.24) is 14.9 Å². The Labute approximate surface area is 166 Å². The predicted octanol–water partition coefficient (Wildman–Crippen LogP) is 3.61. The average molecular weight is 389 g/mol. The molecule has 1 unspecified atom stereocenters. The molecule has 1 saturated heterocycles. The third kappa shape index (κ3) is 2.54. The van der Waals surface area contributed by atoms with Gasteiger partial charge in [0.05, 0.1) is 21.4 Å². The molecule has 1 atom stereocenters. The molecule has 5 rings (SSSR count). The van der Waals surface area contributed by atoms with Crippen LogP contribution >= 0.6 is 11.3 Å². The highest BCUT2D eigenvalue weighted by Gasteiger charge is 2.44. The second-order valence-electron chi connectivity index (χ2n) is 7.07. The number of aliphatic imine (C=N–C) groups is 1. The Kier molecular flexibility index (Phi) is 3.98. The number of nitrogens with two attached hydrogens (primary N) is 1. The van der Waals surface area contributed by atoms with Crippen LogP contribution in [0.25, 0.3) is 15.9 Å². The van der Waals surface area contributed by atoms with Crippen molar-refractivity contribution in [2.24, 2.45) is 4.99 Å². The van der Waals surface area contributed by atoms with Crippen molar-refractivity contribution in [2.75, 3.05) is 12.3 Å². The molecule has 3 aromatic rings. The lowest BCUT2D eigenvalue weighted by atomic mass is 9.83. The molecule has 6 nitrogen and oxygen atoms in total. The maximum absolute atomic E-state index is 12.7. The zero-order chi connectivity index (χ0) is 19.1. The fourth-order valence-corrected chi connectivity index (χ4v) is 5.03. The summed E-state index contributed by atoms with van der Waals surface area (Å²) in [5, 5.41) is 0. The van der Waals surface area contributed by atoms with E-state index in [1.165, 1.54) is 0 Å². The van der Waals surface area contributed by atoms with E-state index in [1.807, 2.05) is 40.9 Å². The Morgan fingerprint density at radius 2 is 2.11 bits per heavy atom. The van der Waals surface area contributed by atoms with Gasteiger partial charge in [-0.05, 0) is 24.6 Å². The number of amides is 1. The van der Waals surface area contributed by atoms with Gasteiger partial charge < -0.3 is 10.6 Å². The number of carbonyl (C=O) groups is 1. The first kappa shape index (κ1) is 17.1. The summed E-state index contributed by atoms with van der Waals surface area (Å²) in [6.07, 6.45) is 7.76. The lowest BCUT2D eigenvalue weighted by Gasteiger charge is -2.40. The molecule has 7 heteroatoms. The van der Waals surface area contributed by atoms with Gasteiger partial charge in [-0.2, -0.15) is 0 Å². The summed E-state index contributed by atoms with van der Waals surface area (Å²) in [6, 6.07) is 9.88. The zero-order valence-corrected chi connectivity index (χ0v) is 16.0. The number of rotatable bonds is 3. The highest BCUT2D eigenvalue weighted by molar-refractivity contribution is 7.17. The summed E-state index contributed by atoms with van der Waals surface area (Å²) in [5.74, 6) is 0.630. The van der Waals surface area contributed by atoms with Crippen molar-refractivity contribution in [2.45, 2.75) is 24.8 Å². The largest absolute Gasteiger partial charge is 0.383 e. The molecule has 1 fully saturated rings. The third-order valence-corrected chi connectivity index (χ3v) is 6.39. The quantitative estimate of drug-likeness (QED) is 0.742. The number of hydrogen-bond donors (Lipinski definition) is 1. The zero-order valence-electron chi connectivity index (χ0n) is 15.2. The van der Waals surface area contributed by atoms with Crippen LogP contribution in [0, 0.1) is 0 Å². The smallest absolute Gasteiger partial charge is 0.223 e. The number of anilines is 1. The minimum atomic E-state index is -0.597. The van der Waals surface area contributed by atoms with E-state index in [1.54, 1.807) is 17.5 Å². The molecule has 2 aromatic heterocycles. The number of pyridine rings is 1. The Bertz CT molecular complexity index is 1130. The lowest BCUT2D eigenvalue weighted by Crippen LogP contribution is -2.48. The summed E-state index contributed by atoms with van der Waals surface area (Å²) in [5.41, 5.74) is 10.9. The molecular formula is C21H19N5OS. The number of thiazole rings is 1. The van der Waals surface area contributed by atoms with E-state index in [2.05, 4.69) is 22.1 Å². The van der Waals surface area contributed by atoms with E-state index in [9.17, 15) is 4.79 Å². The lowest BCUT2D eigenvalue weighted by molar-refractivity contribution is -0.131. The van der Waals surface area contributed by atoms with Crippen molar-refractivity contribution in [3.8, 4) is 0 Å². The molecule has 1 aromatic carbocycles. The minimum absolute atomic E-state index is 0.172. The minimum Gasteiger partial charge on any atom is -0.383 e. The first-order valence-electron chi connectivity index (χ1n) is 9.28. The van der Waals surface area contributed by atoms with Crippen LogP contribution < -0.4 is 5.73 Å². The standard InChI is InChI=1S/C21H19N5OS/c22-20-14(4-2-10-23-20)16-8-9-21(12-24-16,26-11-3-7-18(26)27)15-5-1-6-17-19(15)28-13-25-17/h1-2,4-6,8,10,12-13H,3,7,9,11H2,(H2,22,23). The number of carbonyl (C=O) groups excluding carboxylic acids is 1. The topological polar surface area (TPSA) is 84.5 Å². The number of benzene rings is 1. The Balaban J connectivity index is 1.64. The number of likely N-dealkylation sites (tertiary alicyclic amines) is 1. The van der Waals surface area contributed by atoms with Crippen LogP contribution in [0.4, 0.5) is 5.82 Å². The number of nitrogen functional groups attached to an aromatic ring is 1. The van der Waals surface area contributed by atoms with E-state index in [-0.39, 0.29) is 5.91 Å². The molecular weight excluding hydrogens is 370 g/mol. The molecule has 140 valence electrons. The molecule has 0 bridgehead atoms. The Morgan fingerprint density at radius 1 is 1.18 bits per heavy atom. The van der Waals surface area contributed by atoms with E-state index in [0.29, 0.717) is 18.7 Å². The molecule has 1 amide bonds. The monoisotopic (exact) mass is 389 g/mol. The molecule has 0 saturated carbocycles. The highest BCUT2D eigenvalue weighted by Crippen LogP contribution is 2.42. The maximum atomic E-state index is 12.7. The molecule has 0 radical (unpaired) electrons. The van der Waals surface area contributed by atoms with Gasteiger partial charge in [-0.25, -0.2) is 9.97 Å². The van der Waals surface area contributed by atoms with E-state index in [0.717, 1.165) is 40.0 Å². The van der Waals surface area contributed by atoms with Gasteiger partial charge in [0.1, 0.15) is 11.4 Å². The molecule has 28 heavy (non-hydrogen) atoms. The van der Waals surface area contributed by atoms with Crippen LogP contribution in [-0.2, 0) is 10.3 Å². The van der Waals surface area contributed by atoms with Crippen molar-refractivity contribution in [3.63, 3.8) is 0 Å². The van der Waals surface area contributed by atoms with E-state index in [4.69, 9.17) is 10.7 Å². The summed E-state index contributed by atoms with van der Waals surface area (Å²) in [7, 11) is 0. The molecule has 2 aliphatic heterocycles. The van der Waals surface area contributed by atoms with Crippen LogP contribution in [0.1, 0.15) is 30.4 Å². The fourth-order valence-electron chi connectivity index (χ4n) is 4.15. The van der Waals surface area contributed by atoms with Crippen molar-refractivity contribution in [3.05, 3.63) is 59.2 Å². The number of fused-ring (bicyclic) bond motifs is 1. The SMILES string of the molecule is Nc1ncccc1C1=CCC(c2cccc3ncsc23)(N2CCCC2=O)C=N1. The van der Waals surface area contributed by atoms with Crippen molar-refractivity contribution < 1.29 is 4.79 Å². The van der Waals surface area contributed by atoms with E-state index >= 15 is 0 Å². The van der Waals surface area contributed by atoms with Gasteiger partial charge in [0.15, 0.2) is 0 Å². The van der Waals surface area contributed by atoms with E-state index < -0.39 is 5.54 Å². The first-order valence-corrected chi connectivity index (χ1v) is 10.2.